The Hall–Kier alpha value is -2.28. The summed E-state index contributed by atoms with van der Waals surface area (Å²) < 4.78 is 0. The molecule has 0 fully saturated rings. The maximum absolute atomic E-state index is 10.5. The van der Waals surface area contributed by atoms with Crippen LogP contribution < -0.4 is 5.73 Å². The highest BCUT2D eigenvalue weighted by Gasteiger charge is 1.98. The average molecular weight is 231 g/mol. The van der Waals surface area contributed by atoms with Crippen molar-refractivity contribution < 1.29 is 14.7 Å². The molecule has 0 radical (unpaired) electrons. The van der Waals surface area contributed by atoms with Gasteiger partial charge in [0.05, 0.1) is 6.42 Å². The van der Waals surface area contributed by atoms with Crippen molar-refractivity contribution >= 4 is 11.9 Å². The molecule has 0 unspecified atom stereocenters. The van der Waals surface area contributed by atoms with Gasteiger partial charge in [0.2, 0.25) is 5.91 Å². The first-order valence-corrected chi connectivity index (χ1v) is 5.16. The maximum atomic E-state index is 10.5. The highest BCUT2D eigenvalue weighted by Crippen LogP contribution is 2.05. The van der Waals surface area contributed by atoms with E-state index in [1.54, 1.807) is 12.1 Å². The van der Waals surface area contributed by atoms with Crippen molar-refractivity contribution in [2.24, 2.45) is 5.73 Å². The molecule has 0 spiro atoms. The Morgan fingerprint density at radius 3 is 2.41 bits per heavy atom. The molecule has 0 saturated carbocycles. The number of aryl methyl sites for hydroxylation is 1. The summed E-state index contributed by atoms with van der Waals surface area (Å²) >= 11 is 0. The minimum absolute atomic E-state index is 0.0424. The second kappa shape index (κ2) is 6.33. The van der Waals surface area contributed by atoms with Crippen molar-refractivity contribution in [1.82, 2.24) is 0 Å². The largest absolute Gasteiger partial charge is 0.481 e. The fourth-order valence-corrected chi connectivity index (χ4v) is 1.24. The normalized spacial score (nSPS) is 9.18. The molecule has 0 heterocycles. The third kappa shape index (κ3) is 5.38. The van der Waals surface area contributed by atoms with Crippen LogP contribution in [-0.4, -0.2) is 17.0 Å². The summed E-state index contributed by atoms with van der Waals surface area (Å²) in [7, 11) is 0. The van der Waals surface area contributed by atoms with Crippen molar-refractivity contribution in [3.8, 4) is 11.8 Å². The molecule has 1 amide bonds. The number of carbonyl (C=O) groups is 2. The van der Waals surface area contributed by atoms with Gasteiger partial charge in [0, 0.05) is 12.0 Å². The molecular formula is C13H13NO3. The minimum Gasteiger partial charge on any atom is -0.481 e. The Morgan fingerprint density at radius 2 is 1.88 bits per heavy atom. The van der Waals surface area contributed by atoms with Crippen LogP contribution >= 0.6 is 0 Å². The van der Waals surface area contributed by atoms with E-state index in [4.69, 9.17) is 10.8 Å². The first-order valence-electron chi connectivity index (χ1n) is 5.16. The molecule has 1 aromatic rings. The number of amides is 1. The topological polar surface area (TPSA) is 80.4 Å². The third-order valence-electron chi connectivity index (χ3n) is 2.08. The second-order valence-corrected chi connectivity index (χ2v) is 3.54. The zero-order valence-electron chi connectivity index (χ0n) is 9.27. The van der Waals surface area contributed by atoms with Crippen LogP contribution in [0.4, 0.5) is 0 Å². The van der Waals surface area contributed by atoms with E-state index in [1.165, 1.54) is 0 Å². The van der Waals surface area contributed by atoms with Gasteiger partial charge in [0.1, 0.15) is 0 Å². The Bertz CT molecular complexity index is 466. The number of rotatable bonds is 4. The molecule has 1 rings (SSSR count). The van der Waals surface area contributed by atoms with Crippen molar-refractivity contribution in [2.75, 3.05) is 0 Å². The Labute approximate surface area is 99.4 Å². The van der Waals surface area contributed by atoms with Crippen LogP contribution in [0.2, 0.25) is 0 Å². The van der Waals surface area contributed by atoms with Crippen molar-refractivity contribution in [2.45, 2.75) is 19.3 Å². The van der Waals surface area contributed by atoms with E-state index in [9.17, 15) is 9.59 Å². The summed E-state index contributed by atoms with van der Waals surface area (Å²) in [6.45, 7) is 0. The molecule has 3 N–H and O–H groups in total. The highest BCUT2D eigenvalue weighted by atomic mass is 16.4. The van der Waals surface area contributed by atoms with Gasteiger partial charge in [0.25, 0.3) is 0 Å². The van der Waals surface area contributed by atoms with Gasteiger partial charge in [-0.1, -0.05) is 24.0 Å². The van der Waals surface area contributed by atoms with Gasteiger partial charge >= 0.3 is 5.97 Å². The summed E-state index contributed by atoms with van der Waals surface area (Å²) in [5.74, 6) is 4.19. The fourth-order valence-electron chi connectivity index (χ4n) is 1.24. The number of hydrogen-bond acceptors (Lipinski definition) is 2. The summed E-state index contributed by atoms with van der Waals surface area (Å²) in [4.78, 5) is 20.8. The van der Waals surface area contributed by atoms with E-state index in [0.29, 0.717) is 6.42 Å². The third-order valence-corrected chi connectivity index (χ3v) is 2.08. The van der Waals surface area contributed by atoms with E-state index in [1.807, 2.05) is 12.1 Å². The van der Waals surface area contributed by atoms with Crippen LogP contribution in [0.15, 0.2) is 24.3 Å². The summed E-state index contributed by atoms with van der Waals surface area (Å²) in [5, 5.41) is 8.53. The van der Waals surface area contributed by atoms with Crippen LogP contribution in [0.5, 0.6) is 0 Å². The van der Waals surface area contributed by atoms with Crippen molar-refractivity contribution in [1.29, 1.82) is 0 Å². The second-order valence-electron chi connectivity index (χ2n) is 3.54. The molecule has 0 aliphatic rings. The molecular weight excluding hydrogens is 218 g/mol. The van der Waals surface area contributed by atoms with Gasteiger partial charge in [-0.15, -0.1) is 0 Å². The van der Waals surface area contributed by atoms with E-state index < -0.39 is 11.9 Å². The first kappa shape index (κ1) is 12.8. The molecule has 17 heavy (non-hydrogen) atoms. The predicted octanol–water partition coefficient (Wildman–Crippen LogP) is 0.931. The maximum Gasteiger partial charge on any atom is 0.303 e. The van der Waals surface area contributed by atoms with Crippen LogP contribution in [0.3, 0.4) is 0 Å². The zero-order valence-corrected chi connectivity index (χ0v) is 9.27. The smallest absolute Gasteiger partial charge is 0.303 e. The number of carboxylic acids is 1. The lowest BCUT2D eigenvalue weighted by Crippen LogP contribution is -2.08. The number of benzene rings is 1. The molecule has 1 aromatic carbocycles. The van der Waals surface area contributed by atoms with E-state index in [-0.39, 0.29) is 12.8 Å². The number of nitrogens with two attached hydrogens (primary N) is 1. The molecule has 0 saturated heterocycles. The minimum atomic E-state index is -0.810. The SMILES string of the molecule is NC(=O)CC#Cc1ccc(CCC(=O)O)cc1. The molecule has 4 nitrogen and oxygen atoms in total. The standard InChI is InChI=1S/C13H13NO3/c14-12(15)3-1-2-10-4-6-11(7-5-10)8-9-13(16)17/h4-7H,3,8-9H2,(H2,14,15)(H,16,17). The first-order chi connectivity index (χ1) is 8.08. The lowest BCUT2D eigenvalue weighted by Gasteiger charge is -1.98. The van der Waals surface area contributed by atoms with E-state index >= 15 is 0 Å². The lowest BCUT2D eigenvalue weighted by molar-refractivity contribution is -0.137. The Balaban J connectivity index is 2.57. The predicted molar refractivity (Wildman–Crippen MR) is 63.1 cm³/mol. The van der Waals surface area contributed by atoms with Gasteiger partial charge in [0.15, 0.2) is 0 Å². The monoisotopic (exact) mass is 231 g/mol. The van der Waals surface area contributed by atoms with Crippen LogP contribution in [-0.2, 0) is 16.0 Å². The van der Waals surface area contributed by atoms with Gasteiger partial charge in [-0.25, -0.2) is 0 Å². The number of carbonyl (C=O) groups excluding carboxylic acids is 1. The van der Waals surface area contributed by atoms with Gasteiger partial charge in [-0.05, 0) is 24.1 Å². The van der Waals surface area contributed by atoms with E-state index in [0.717, 1.165) is 11.1 Å². The molecule has 0 aliphatic carbocycles. The molecule has 4 heteroatoms. The molecule has 0 bridgehead atoms. The molecule has 0 aliphatic heterocycles. The molecule has 88 valence electrons. The Kier molecular flexibility index (Phi) is 4.77. The zero-order chi connectivity index (χ0) is 12.7. The lowest BCUT2D eigenvalue weighted by atomic mass is 10.1. The number of carboxylic acid groups (broad SMARTS) is 1. The number of aliphatic carboxylic acids is 1. The quantitative estimate of drug-likeness (QED) is 0.756. The van der Waals surface area contributed by atoms with Crippen LogP contribution in [0.1, 0.15) is 24.0 Å². The summed E-state index contributed by atoms with van der Waals surface area (Å²) in [6, 6.07) is 7.25. The average Bonchev–Trinajstić information content (AvgIpc) is 2.27. The summed E-state index contributed by atoms with van der Waals surface area (Å²) in [6.07, 6.45) is 0.664. The summed E-state index contributed by atoms with van der Waals surface area (Å²) in [5.41, 5.74) is 6.69. The van der Waals surface area contributed by atoms with Gasteiger partial charge in [-0.3, -0.25) is 9.59 Å². The number of hydrogen-bond donors (Lipinski definition) is 2. The van der Waals surface area contributed by atoms with Crippen molar-refractivity contribution in [3.05, 3.63) is 35.4 Å². The highest BCUT2D eigenvalue weighted by molar-refractivity contribution is 5.76. The van der Waals surface area contributed by atoms with Crippen LogP contribution in [0, 0.1) is 11.8 Å². The van der Waals surface area contributed by atoms with Gasteiger partial charge in [-0.2, -0.15) is 0 Å². The van der Waals surface area contributed by atoms with Crippen molar-refractivity contribution in [3.63, 3.8) is 0 Å². The molecule has 0 aromatic heterocycles. The fraction of sp³-hybridized carbons (Fsp3) is 0.231. The Morgan fingerprint density at radius 1 is 1.24 bits per heavy atom. The van der Waals surface area contributed by atoms with Gasteiger partial charge < -0.3 is 10.8 Å². The van der Waals surface area contributed by atoms with Crippen LogP contribution in [0.25, 0.3) is 0 Å². The number of primary amides is 1. The molecule has 0 atom stereocenters. The van der Waals surface area contributed by atoms with E-state index in [2.05, 4.69) is 11.8 Å².